The zero-order valence-electron chi connectivity index (χ0n) is 13.7. The zero-order valence-corrected chi connectivity index (χ0v) is 15.3. The van der Waals surface area contributed by atoms with Crippen molar-refractivity contribution in [2.75, 3.05) is 17.6 Å². The first-order valence-electron chi connectivity index (χ1n) is 7.32. The van der Waals surface area contributed by atoms with Gasteiger partial charge in [0, 0.05) is 4.90 Å². The lowest BCUT2D eigenvalue weighted by Crippen LogP contribution is -2.14. The number of benzene rings is 2. The summed E-state index contributed by atoms with van der Waals surface area (Å²) in [6.45, 7) is 3.74. The monoisotopic (exact) mass is 365 g/mol. The smallest absolute Gasteiger partial charge is 0.338 e. The molecule has 0 bridgehead atoms. The summed E-state index contributed by atoms with van der Waals surface area (Å²) < 4.78 is 32.5. The highest BCUT2D eigenvalue weighted by Gasteiger charge is 2.17. The van der Waals surface area contributed by atoms with Crippen molar-refractivity contribution in [3.8, 4) is 0 Å². The third kappa shape index (κ3) is 4.30. The number of thioether (sulfide) groups is 1. The first-order chi connectivity index (χ1) is 11.4. The minimum absolute atomic E-state index is 0.168. The number of hydrogen-bond acceptors (Lipinski definition) is 5. The van der Waals surface area contributed by atoms with Crippen LogP contribution in [-0.2, 0) is 14.8 Å². The molecule has 5 nitrogen and oxygen atoms in total. The van der Waals surface area contributed by atoms with Gasteiger partial charge in [0.05, 0.1) is 22.8 Å². The summed E-state index contributed by atoms with van der Waals surface area (Å²) in [5, 5.41) is 0. The standard InChI is InChI=1S/C17H19NO4S2/c1-4-22-17(19)13-6-5-12(2)16(11-13)18-24(20,21)15-9-7-14(23-3)8-10-15/h5-11,18H,4H2,1-3H3. The first-order valence-corrected chi connectivity index (χ1v) is 10.0. The molecule has 1 N–H and O–H groups in total. The average Bonchev–Trinajstić information content (AvgIpc) is 2.57. The second-order valence-electron chi connectivity index (χ2n) is 5.03. The molecule has 0 aliphatic heterocycles. The van der Waals surface area contributed by atoms with Crippen LogP contribution in [0, 0.1) is 6.92 Å². The third-order valence-corrected chi connectivity index (χ3v) is 5.49. The highest BCUT2D eigenvalue weighted by Crippen LogP contribution is 2.23. The molecule has 0 saturated heterocycles. The largest absolute Gasteiger partial charge is 0.462 e. The van der Waals surface area contributed by atoms with Crippen LogP contribution < -0.4 is 4.72 Å². The summed E-state index contributed by atoms with van der Waals surface area (Å²) in [6.07, 6.45) is 1.92. The molecule has 0 heterocycles. The molecule has 7 heteroatoms. The zero-order chi connectivity index (χ0) is 17.7. The van der Waals surface area contributed by atoms with Crippen LogP contribution in [0.25, 0.3) is 0 Å². The molecule has 2 aromatic carbocycles. The fourth-order valence-corrected chi connectivity index (χ4v) is 3.56. The number of sulfonamides is 1. The summed E-state index contributed by atoms with van der Waals surface area (Å²) in [7, 11) is -3.73. The molecule has 128 valence electrons. The Bertz CT molecular complexity index is 830. The van der Waals surface area contributed by atoms with E-state index in [2.05, 4.69) is 4.72 Å². The molecule has 24 heavy (non-hydrogen) atoms. The van der Waals surface area contributed by atoms with Gasteiger partial charge in [-0.2, -0.15) is 0 Å². The molecular weight excluding hydrogens is 346 g/mol. The van der Waals surface area contributed by atoms with Crippen molar-refractivity contribution in [2.45, 2.75) is 23.6 Å². The second kappa shape index (κ2) is 7.72. The van der Waals surface area contributed by atoms with Crippen LogP contribution in [0.3, 0.4) is 0 Å². The van der Waals surface area contributed by atoms with E-state index in [9.17, 15) is 13.2 Å². The highest BCUT2D eigenvalue weighted by atomic mass is 32.2. The van der Waals surface area contributed by atoms with Crippen molar-refractivity contribution in [2.24, 2.45) is 0 Å². The Labute approximate surface area is 146 Å². The van der Waals surface area contributed by atoms with E-state index < -0.39 is 16.0 Å². The van der Waals surface area contributed by atoms with Crippen molar-refractivity contribution < 1.29 is 17.9 Å². The number of ether oxygens (including phenoxy) is 1. The Morgan fingerprint density at radius 3 is 2.42 bits per heavy atom. The van der Waals surface area contributed by atoms with Crippen LogP contribution in [0.15, 0.2) is 52.3 Å². The van der Waals surface area contributed by atoms with Crippen LogP contribution in [-0.4, -0.2) is 27.2 Å². The van der Waals surface area contributed by atoms with Crippen molar-refractivity contribution >= 4 is 33.4 Å². The van der Waals surface area contributed by atoms with E-state index in [0.717, 1.165) is 4.90 Å². The van der Waals surface area contributed by atoms with E-state index >= 15 is 0 Å². The molecule has 0 aromatic heterocycles. The predicted molar refractivity (Wildman–Crippen MR) is 96.2 cm³/mol. The Morgan fingerprint density at radius 2 is 1.83 bits per heavy atom. The molecular formula is C17H19NO4S2. The lowest BCUT2D eigenvalue weighted by Gasteiger charge is -2.12. The van der Waals surface area contributed by atoms with Gasteiger partial charge in [0.2, 0.25) is 0 Å². The minimum Gasteiger partial charge on any atom is -0.462 e. The highest BCUT2D eigenvalue weighted by molar-refractivity contribution is 7.98. The van der Waals surface area contributed by atoms with Crippen molar-refractivity contribution in [1.29, 1.82) is 0 Å². The maximum absolute atomic E-state index is 12.5. The fraction of sp³-hybridized carbons (Fsp3) is 0.235. The third-order valence-electron chi connectivity index (χ3n) is 3.36. The van der Waals surface area contributed by atoms with Crippen molar-refractivity contribution in [3.05, 3.63) is 53.6 Å². The molecule has 0 fully saturated rings. The van der Waals surface area contributed by atoms with Gasteiger partial charge in [-0.3, -0.25) is 4.72 Å². The molecule has 0 radical (unpaired) electrons. The number of hydrogen-bond donors (Lipinski definition) is 1. The normalized spacial score (nSPS) is 11.1. The van der Waals surface area contributed by atoms with Gasteiger partial charge in [0.15, 0.2) is 0 Å². The van der Waals surface area contributed by atoms with Crippen LogP contribution in [0.5, 0.6) is 0 Å². The van der Waals surface area contributed by atoms with Gasteiger partial charge < -0.3 is 4.74 Å². The molecule has 0 amide bonds. The SMILES string of the molecule is CCOC(=O)c1ccc(C)c(NS(=O)(=O)c2ccc(SC)cc2)c1. The predicted octanol–water partition coefficient (Wildman–Crippen LogP) is 3.69. The van der Waals surface area contributed by atoms with E-state index in [1.54, 1.807) is 50.2 Å². The van der Waals surface area contributed by atoms with Crippen LogP contribution in [0.2, 0.25) is 0 Å². The maximum atomic E-state index is 12.5. The molecule has 0 aliphatic carbocycles. The van der Waals surface area contributed by atoms with Crippen molar-refractivity contribution in [3.63, 3.8) is 0 Å². The van der Waals surface area contributed by atoms with Gasteiger partial charge in [0.1, 0.15) is 0 Å². The topological polar surface area (TPSA) is 72.5 Å². The Morgan fingerprint density at radius 1 is 1.17 bits per heavy atom. The number of aryl methyl sites for hydroxylation is 1. The van der Waals surface area contributed by atoms with Crippen LogP contribution in [0.1, 0.15) is 22.8 Å². The summed E-state index contributed by atoms with van der Waals surface area (Å²) in [4.78, 5) is 13.0. The van der Waals surface area contributed by atoms with Gasteiger partial charge in [-0.1, -0.05) is 6.07 Å². The molecule has 0 spiro atoms. The van der Waals surface area contributed by atoms with E-state index in [4.69, 9.17) is 4.74 Å². The van der Waals surface area contributed by atoms with Gasteiger partial charge in [-0.15, -0.1) is 11.8 Å². The van der Waals surface area contributed by atoms with Crippen LogP contribution >= 0.6 is 11.8 Å². The number of esters is 1. The molecule has 2 rings (SSSR count). The molecule has 0 saturated carbocycles. The number of carbonyl (C=O) groups excluding carboxylic acids is 1. The fourth-order valence-electron chi connectivity index (χ4n) is 2.03. The summed E-state index contributed by atoms with van der Waals surface area (Å²) in [6, 6.07) is 11.4. The Hall–Kier alpha value is -1.99. The lowest BCUT2D eigenvalue weighted by atomic mass is 10.1. The Balaban J connectivity index is 2.31. The van der Waals surface area contributed by atoms with Gasteiger partial charge >= 0.3 is 5.97 Å². The van der Waals surface area contributed by atoms with E-state index in [0.29, 0.717) is 16.8 Å². The minimum atomic E-state index is -3.73. The summed E-state index contributed by atoms with van der Waals surface area (Å²) in [5.41, 5.74) is 1.37. The molecule has 2 aromatic rings. The summed E-state index contributed by atoms with van der Waals surface area (Å²) in [5.74, 6) is -0.484. The number of nitrogens with one attached hydrogen (secondary N) is 1. The molecule has 0 atom stereocenters. The van der Waals surface area contributed by atoms with E-state index in [1.165, 1.54) is 17.8 Å². The van der Waals surface area contributed by atoms with Crippen molar-refractivity contribution in [1.82, 2.24) is 0 Å². The van der Waals surface area contributed by atoms with Gasteiger partial charge in [0.25, 0.3) is 10.0 Å². The number of carbonyl (C=O) groups is 1. The Kier molecular flexibility index (Phi) is 5.90. The molecule has 0 aliphatic rings. The van der Waals surface area contributed by atoms with E-state index in [-0.39, 0.29) is 11.5 Å². The van der Waals surface area contributed by atoms with Gasteiger partial charge in [-0.05, 0) is 62.1 Å². The van der Waals surface area contributed by atoms with Crippen LogP contribution in [0.4, 0.5) is 5.69 Å². The quantitative estimate of drug-likeness (QED) is 0.624. The first kappa shape index (κ1) is 18.4. The number of anilines is 1. The summed E-state index contributed by atoms with van der Waals surface area (Å²) >= 11 is 1.54. The van der Waals surface area contributed by atoms with Gasteiger partial charge in [-0.25, -0.2) is 13.2 Å². The van der Waals surface area contributed by atoms with E-state index in [1.807, 2.05) is 6.26 Å². The molecule has 0 unspecified atom stereocenters. The number of rotatable bonds is 6. The lowest BCUT2D eigenvalue weighted by molar-refractivity contribution is 0.0526. The maximum Gasteiger partial charge on any atom is 0.338 e. The average molecular weight is 365 g/mol. The second-order valence-corrected chi connectivity index (χ2v) is 7.59.